The second-order valence-electron chi connectivity index (χ2n) is 4.75. The van der Waals surface area contributed by atoms with Crippen molar-refractivity contribution >= 4 is 11.6 Å². The summed E-state index contributed by atoms with van der Waals surface area (Å²) < 4.78 is 0. The molecular weight excluding hydrogens is 222 g/mol. The molecule has 1 fully saturated rings. The van der Waals surface area contributed by atoms with E-state index in [9.17, 15) is 5.11 Å². The molecule has 1 aliphatic carbocycles. The maximum atomic E-state index is 10.3. The van der Waals surface area contributed by atoms with E-state index in [1.165, 1.54) is 6.42 Å². The third kappa shape index (κ3) is 2.40. The number of rotatable bonds is 2. The highest BCUT2D eigenvalue weighted by Gasteiger charge is 2.35. The standard InChI is InChI=1S/C13H18ClNO/c14-11-6-4-5-10(9-11)12(16)13(15)7-2-1-3-8-13/h4-6,9,12,16H,1-3,7-8,15H2. The fraction of sp³-hybridized carbons (Fsp3) is 0.538. The van der Waals surface area contributed by atoms with Gasteiger partial charge in [0.05, 0.1) is 6.10 Å². The van der Waals surface area contributed by atoms with Gasteiger partial charge in [-0.05, 0) is 30.5 Å². The predicted molar refractivity (Wildman–Crippen MR) is 66.4 cm³/mol. The van der Waals surface area contributed by atoms with E-state index in [1.54, 1.807) is 6.07 Å². The Labute approximate surface area is 101 Å². The molecule has 1 atom stereocenters. The lowest BCUT2D eigenvalue weighted by Crippen LogP contribution is -2.47. The summed E-state index contributed by atoms with van der Waals surface area (Å²) in [6.07, 6.45) is 4.61. The van der Waals surface area contributed by atoms with Crippen LogP contribution in [0.1, 0.15) is 43.8 Å². The molecule has 0 saturated heterocycles. The zero-order valence-corrected chi connectivity index (χ0v) is 10.1. The lowest BCUT2D eigenvalue weighted by molar-refractivity contribution is 0.0587. The molecule has 0 bridgehead atoms. The van der Waals surface area contributed by atoms with E-state index < -0.39 is 11.6 Å². The van der Waals surface area contributed by atoms with Gasteiger partial charge >= 0.3 is 0 Å². The first-order valence-corrected chi connectivity index (χ1v) is 6.22. The first-order valence-electron chi connectivity index (χ1n) is 5.84. The molecule has 0 heterocycles. The third-order valence-corrected chi connectivity index (χ3v) is 3.73. The highest BCUT2D eigenvalue weighted by Crippen LogP contribution is 2.36. The Morgan fingerprint density at radius 1 is 1.25 bits per heavy atom. The van der Waals surface area contributed by atoms with Crippen LogP contribution in [-0.4, -0.2) is 10.6 Å². The van der Waals surface area contributed by atoms with Crippen LogP contribution in [0.25, 0.3) is 0 Å². The Kier molecular flexibility index (Phi) is 3.53. The number of halogens is 1. The molecule has 2 nitrogen and oxygen atoms in total. The largest absolute Gasteiger partial charge is 0.386 e. The van der Waals surface area contributed by atoms with Gasteiger partial charge < -0.3 is 10.8 Å². The lowest BCUT2D eigenvalue weighted by atomic mass is 9.76. The third-order valence-electron chi connectivity index (χ3n) is 3.49. The van der Waals surface area contributed by atoms with Crippen molar-refractivity contribution in [2.24, 2.45) is 5.73 Å². The maximum absolute atomic E-state index is 10.3. The first-order chi connectivity index (χ1) is 7.62. The Bertz CT molecular complexity index is 361. The van der Waals surface area contributed by atoms with Crippen LogP contribution >= 0.6 is 11.6 Å². The zero-order valence-electron chi connectivity index (χ0n) is 9.32. The van der Waals surface area contributed by atoms with Crippen LogP contribution in [0, 0.1) is 0 Å². The second kappa shape index (κ2) is 4.74. The Morgan fingerprint density at radius 2 is 1.94 bits per heavy atom. The molecular formula is C13H18ClNO. The van der Waals surface area contributed by atoms with Crippen molar-refractivity contribution < 1.29 is 5.11 Å². The van der Waals surface area contributed by atoms with Crippen molar-refractivity contribution in [3.05, 3.63) is 34.9 Å². The summed E-state index contributed by atoms with van der Waals surface area (Å²) in [7, 11) is 0. The molecule has 1 aromatic carbocycles. The van der Waals surface area contributed by atoms with E-state index in [2.05, 4.69) is 0 Å². The first kappa shape index (κ1) is 11.9. The van der Waals surface area contributed by atoms with Crippen molar-refractivity contribution in [3.63, 3.8) is 0 Å². The predicted octanol–water partition coefficient (Wildman–Crippen LogP) is 3.04. The SMILES string of the molecule is NC1(C(O)c2cccc(Cl)c2)CCCCC1. The minimum absolute atomic E-state index is 0.469. The topological polar surface area (TPSA) is 46.2 Å². The summed E-state index contributed by atoms with van der Waals surface area (Å²) in [5.74, 6) is 0. The molecule has 3 heteroatoms. The molecule has 88 valence electrons. The second-order valence-corrected chi connectivity index (χ2v) is 5.19. The van der Waals surface area contributed by atoms with Gasteiger partial charge in [0.15, 0.2) is 0 Å². The van der Waals surface area contributed by atoms with Gasteiger partial charge in [0.1, 0.15) is 0 Å². The molecule has 0 aliphatic heterocycles. The van der Waals surface area contributed by atoms with Crippen LogP contribution in [0.3, 0.4) is 0 Å². The van der Waals surface area contributed by atoms with Crippen LogP contribution in [0.2, 0.25) is 5.02 Å². The summed E-state index contributed by atoms with van der Waals surface area (Å²) >= 11 is 5.92. The van der Waals surface area contributed by atoms with Crippen LogP contribution in [0.5, 0.6) is 0 Å². The van der Waals surface area contributed by atoms with Crippen molar-refractivity contribution in [1.82, 2.24) is 0 Å². The van der Waals surface area contributed by atoms with Gasteiger partial charge in [-0.25, -0.2) is 0 Å². The van der Waals surface area contributed by atoms with Crippen LogP contribution in [-0.2, 0) is 0 Å². The molecule has 1 unspecified atom stereocenters. The summed E-state index contributed by atoms with van der Waals surface area (Å²) in [5.41, 5.74) is 6.65. The Balaban J connectivity index is 2.20. The smallest absolute Gasteiger partial charge is 0.0969 e. The van der Waals surface area contributed by atoms with E-state index in [-0.39, 0.29) is 0 Å². The van der Waals surface area contributed by atoms with Crippen LogP contribution < -0.4 is 5.73 Å². The number of benzene rings is 1. The highest BCUT2D eigenvalue weighted by atomic mass is 35.5. The quantitative estimate of drug-likeness (QED) is 0.833. The Hall–Kier alpha value is -0.570. The molecule has 0 spiro atoms. The normalized spacial score (nSPS) is 21.7. The van der Waals surface area contributed by atoms with E-state index in [0.717, 1.165) is 31.2 Å². The fourth-order valence-electron chi connectivity index (χ4n) is 2.49. The zero-order chi connectivity index (χ0) is 11.6. The molecule has 1 saturated carbocycles. The van der Waals surface area contributed by atoms with Gasteiger partial charge in [0, 0.05) is 10.6 Å². The Morgan fingerprint density at radius 3 is 2.56 bits per heavy atom. The van der Waals surface area contributed by atoms with E-state index in [4.69, 9.17) is 17.3 Å². The van der Waals surface area contributed by atoms with Gasteiger partial charge in [0.2, 0.25) is 0 Å². The van der Waals surface area contributed by atoms with E-state index in [1.807, 2.05) is 18.2 Å². The minimum atomic E-state index is -0.605. The average Bonchev–Trinajstić information content (AvgIpc) is 2.29. The monoisotopic (exact) mass is 239 g/mol. The van der Waals surface area contributed by atoms with Gasteiger partial charge in [0.25, 0.3) is 0 Å². The summed E-state index contributed by atoms with van der Waals surface area (Å²) in [6.45, 7) is 0. The molecule has 3 N–H and O–H groups in total. The molecule has 2 rings (SSSR count). The molecule has 0 amide bonds. The summed E-state index contributed by atoms with van der Waals surface area (Å²) in [6, 6.07) is 7.35. The van der Waals surface area contributed by atoms with E-state index >= 15 is 0 Å². The average molecular weight is 240 g/mol. The number of hydrogen-bond acceptors (Lipinski definition) is 2. The van der Waals surface area contributed by atoms with Crippen LogP contribution in [0.4, 0.5) is 0 Å². The minimum Gasteiger partial charge on any atom is -0.386 e. The number of aliphatic hydroxyl groups is 1. The van der Waals surface area contributed by atoms with Gasteiger partial charge in [-0.2, -0.15) is 0 Å². The van der Waals surface area contributed by atoms with Crippen molar-refractivity contribution in [2.45, 2.75) is 43.7 Å². The molecule has 0 aromatic heterocycles. The molecule has 1 aliphatic rings. The summed E-state index contributed by atoms with van der Waals surface area (Å²) in [4.78, 5) is 0. The van der Waals surface area contributed by atoms with E-state index in [0.29, 0.717) is 5.02 Å². The van der Waals surface area contributed by atoms with Gasteiger partial charge in [-0.1, -0.05) is 43.0 Å². The van der Waals surface area contributed by atoms with Crippen LogP contribution in [0.15, 0.2) is 24.3 Å². The highest BCUT2D eigenvalue weighted by molar-refractivity contribution is 6.30. The number of hydrogen-bond donors (Lipinski definition) is 2. The lowest BCUT2D eigenvalue weighted by Gasteiger charge is -2.37. The van der Waals surface area contributed by atoms with Crippen molar-refractivity contribution in [1.29, 1.82) is 0 Å². The van der Waals surface area contributed by atoms with Gasteiger partial charge in [-0.3, -0.25) is 0 Å². The molecule has 16 heavy (non-hydrogen) atoms. The summed E-state index contributed by atoms with van der Waals surface area (Å²) in [5, 5.41) is 11.0. The van der Waals surface area contributed by atoms with Crippen molar-refractivity contribution in [2.75, 3.05) is 0 Å². The maximum Gasteiger partial charge on any atom is 0.0969 e. The van der Waals surface area contributed by atoms with Crippen molar-refractivity contribution in [3.8, 4) is 0 Å². The molecule has 0 radical (unpaired) electrons. The number of aliphatic hydroxyl groups excluding tert-OH is 1. The fourth-order valence-corrected chi connectivity index (χ4v) is 2.69. The van der Waals surface area contributed by atoms with Gasteiger partial charge in [-0.15, -0.1) is 0 Å². The molecule has 1 aromatic rings. The number of nitrogens with two attached hydrogens (primary N) is 1.